The van der Waals surface area contributed by atoms with Crippen LogP contribution in [0.4, 0.5) is 0 Å². The molecule has 22 heavy (non-hydrogen) atoms. The summed E-state index contributed by atoms with van der Waals surface area (Å²) in [7, 11) is -2.26. The van der Waals surface area contributed by atoms with Crippen LogP contribution in [0.1, 0.15) is 17.2 Å². The van der Waals surface area contributed by atoms with Gasteiger partial charge in [-0.25, -0.2) is 8.42 Å². The number of hydrogen-bond acceptors (Lipinski definition) is 4. The largest absolute Gasteiger partial charge is 0.497 e. The maximum absolute atomic E-state index is 12.3. The monoisotopic (exact) mass is 316 g/mol. The topological polar surface area (TPSA) is 79.2 Å². The average molecular weight is 316 g/mol. The Kier molecular flexibility index (Phi) is 4.81. The molecule has 2 rings (SSSR count). The molecule has 0 aromatic heterocycles. The van der Waals surface area contributed by atoms with Crippen LogP contribution in [-0.2, 0) is 10.0 Å². The van der Waals surface area contributed by atoms with Crippen molar-refractivity contribution in [3.8, 4) is 11.8 Å². The van der Waals surface area contributed by atoms with Crippen molar-refractivity contribution in [1.82, 2.24) is 4.72 Å². The Balaban J connectivity index is 2.29. The summed E-state index contributed by atoms with van der Waals surface area (Å²) in [6, 6.07) is 14.2. The van der Waals surface area contributed by atoms with E-state index in [-0.39, 0.29) is 4.90 Å². The van der Waals surface area contributed by atoms with E-state index in [2.05, 4.69) is 4.72 Å². The molecule has 0 aliphatic heterocycles. The van der Waals surface area contributed by atoms with Gasteiger partial charge in [0.25, 0.3) is 0 Å². The number of rotatable bonds is 5. The Labute approximate surface area is 130 Å². The maximum atomic E-state index is 12.3. The predicted octanol–water partition coefficient (Wildman–Crippen LogP) is 2.55. The molecule has 0 amide bonds. The van der Waals surface area contributed by atoms with Gasteiger partial charge >= 0.3 is 0 Å². The Morgan fingerprint density at radius 3 is 2.45 bits per heavy atom. The van der Waals surface area contributed by atoms with Crippen molar-refractivity contribution in [3.63, 3.8) is 0 Å². The van der Waals surface area contributed by atoms with Crippen LogP contribution in [0.3, 0.4) is 0 Å². The van der Waals surface area contributed by atoms with Gasteiger partial charge in [-0.05, 0) is 36.8 Å². The summed E-state index contributed by atoms with van der Waals surface area (Å²) in [5.74, 6) is 0.562. The van der Waals surface area contributed by atoms with E-state index >= 15 is 0 Å². The van der Waals surface area contributed by atoms with Crippen LogP contribution in [-0.4, -0.2) is 15.5 Å². The van der Waals surface area contributed by atoms with Crippen LogP contribution in [0.2, 0.25) is 0 Å². The smallest absolute Gasteiger partial charge is 0.241 e. The molecule has 1 atom stereocenters. The van der Waals surface area contributed by atoms with Crippen LogP contribution in [0.25, 0.3) is 0 Å². The predicted molar refractivity (Wildman–Crippen MR) is 82.8 cm³/mol. The number of nitriles is 1. The highest BCUT2D eigenvalue weighted by atomic mass is 32.2. The highest BCUT2D eigenvalue weighted by Crippen LogP contribution is 2.21. The number of sulfonamides is 1. The van der Waals surface area contributed by atoms with Gasteiger partial charge in [0.1, 0.15) is 11.8 Å². The first-order chi connectivity index (χ1) is 10.5. The zero-order valence-corrected chi connectivity index (χ0v) is 13.1. The lowest BCUT2D eigenvalue weighted by Gasteiger charge is -2.13. The average Bonchev–Trinajstić information content (AvgIpc) is 2.53. The zero-order chi connectivity index (χ0) is 16.2. The minimum atomic E-state index is -3.77. The lowest BCUT2D eigenvalue weighted by atomic mass is 10.1. The second-order valence-corrected chi connectivity index (χ2v) is 6.49. The fraction of sp³-hybridized carbons (Fsp3) is 0.188. The normalized spacial score (nSPS) is 12.4. The number of ether oxygens (including phenoxy) is 1. The molecule has 114 valence electrons. The third kappa shape index (κ3) is 3.64. The molecule has 0 aliphatic carbocycles. The van der Waals surface area contributed by atoms with Gasteiger partial charge in [0, 0.05) is 0 Å². The van der Waals surface area contributed by atoms with Crippen molar-refractivity contribution < 1.29 is 13.2 Å². The SMILES string of the molecule is COc1cccc(C(C#N)NS(=O)(=O)c2ccc(C)cc2)c1. The maximum Gasteiger partial charge on any atom is 0.241 e. The summed E-state index contributed by atoms with van der Waals surface area (Å²) < 4.78 is 32.2. The van der Waals surface area contributed by atoms with Crippen molar-refractivity contribution in [2.75, 3.05) is 7.11 Å². The molecule has 1 unspecified atom stereocenters. The van der Waals surface area contributed by atoms with E-state index in [0.717, 1.165) is 5.56 Å². The Morgan fingerprint density at radius 2 is 1.86 bits per heavy atom. The summed E-state index contributed by atoms with van der Waals surface area (Å²) >= 11 is 0. The lowest BCUT2D eigenvalue weighted by Crippen LogP contribution is -2.27. The van der Waals surface area contributed by atoms with Crippen molar-refractivity contribution in [3.05, 3.63) is 59.7 Å². The summed E-state index contributed by atoms with van der Waals surface area (Å²) in [6.45, 7) is 1.87. The number of hydrogen-bond donors (Lipinski definition) is 1. The zero-order valence-electron chi connectivity index (χ0n) is 12.3. The van der Waals surface area contributed by atoms with Gasteiger partial charge in [-0.2, -0.15) is 9.98 Å². The summed E-state index contributed by atoms with van der Waals surface area (Å²) in [5, 5.41) is 9.28. The third-order valence-corrected chi connectivity index (χ3v) is 4.60. The number of methoxy groups -OCH3 is 1. The molecule has 0 saturated carbocycles. The fourth-order valence-corrected chi connectivity index (χ4v) is 3.06. The van der Waals surface area contributed by atoms with Gasteiger partial charge in [-0.15, -0.1) is 0 Å². The lowest BCUT2D eigenvalue weighted by molar-refractivity contribution is 0.414. The van der Waals surface area contributed by atoms with Crippen molar-refractivity contribution in [2.45, 2.75) is 17.9 Å². The second-order valence-electron chi connectivity index (χ2n) is 4.77. The van der Waals surface area contributed by atoms with Crippen LogP contribution in [0.5, 0.6) is 5.75 Å². The molecule has 0 fully saturated rings. The third-order valence-electron chi connectivity index (χ3n) is 3.16. The number of aryl methyl sites for hydroxylation is 1. The van der Waals surface area contributed by atoms with Crippen molar-refractivity contribution >= 4 is 10.0 Å². The first-order valence-electron chi connectivity index (χ1n) is 6.59. The molecule has 0 radical (unpaired) electrons. The van der Waals surface area contributed by atoms with E-state index in [1.54, 1.807) is 36.4 Å². The second kappa shape index (κ2) is 6.60. The summed E-state index contributed by atoms with van der Waals surface area (Å²) in [5.41, 5.74) is 1.49. The molecule has 6 heteroatoms. The van der Waals surface area contributed by atoms with Gasteiger partial charge in [-0.1, -0.05) is 29.8 Å². The van der Waals surface area contributed by atoms with Crippen molar-refractivity contribution in [1.29, 1.82) is 5.26 Å². The van der Waals surface area contributed by atoms with E-state index in [1.165, 1.54) is 19.2 Å². The number of nitrogens with zero attached hydrogens (tertiary/aromatic N) is 1. The quantitative estimate of drug-likeness (QED) is 0.919. The van der Waals surface area contributed by atoms with E-state index in [4.69, 9.17) is 4.74 Å². The molecule has 1 N–H and O–H groups in total. The van der Waals surface area contributed by atoms with Gasteiger partial charge in [0.05, 0.1) is 18.1 Å². The number of nitrogens with one attached hydrogen (secondary N) is 1. The van der Waals surface area contributed by atoms with Gasteiger partial charge in [-0.3, -0.25) is 0 Å². The Bertz CT molecular complexity index is 793. The molecule has 5 nitrogen and oxygen atoms in total. The summed E-state index contributed by atoms with van der Waals surface area (Å²) in [6.07, 6.45) is 0. The first kappa shape index (κ1) is 16.0. The minimum absolute atomic E-state index is 0.126. The number of benzene rings is 2. The van der Waals surface area contributed by atoms with E-state index < -0.39 is 16.1 Å². The Morgan fingerprint density at radius 1 is 1.18 bits per heavy atom. The molecule has 0 aliphatic rings. The van der Waals surface area contributed by atoms with E-state index in [0.29, 0.717) is 11.3 Å². The first-order valence-corrected chi connectivity index (χ1v) is 8.07. The van der Waals surface area contributed by atoms with Crippen LogP contribution in [0, 0.1) is 18.3 Å². The highest BCUT2D eigenvalue weighted by molar-refractivity contribution is 7.89. The van der Waals surface area contributed by atoms with E-state index in [1.807, 2.05) is 13.0 Å². The Hall–Kier alpha value is -2.36. The molecular formula is C16H16N2O3S. The minimum Gasteiger partial charge on any atom is -0.497 e. The van der Waals surface area contributed by atoms with Crippen molar-refractivity contribution in [2.24, 2.45) is 0 Å². The van der Waals surface area contributed by atoms with Crippen LogP contribution >= 0.6 is 0 Å². The van der Waals surface area contributed by atoms with Gasteiger partial charge < -0.3 is 4.74 Å². The molecular weight excluding hydrogens is 300 g/mol. The van der Waals surface area contributed by atoms with Gasteiger partial charge in [0.15, 0.2) is 0 Å². The highest BCUT2D eigenvalue weighted by Gasteiger charge is 2.21. The molecule has 0 spiro atoms. The van der Waals surface area contributed by atoms with E-state index in [9.17, 15) is 13.7 Å². The molecule has 0 saturated heterocycles. The molecule has 2 aromatic rings. The van der Waals surface area contributed by atoms with Crippen LogP contribution in [0.15, 0.2) is 53.4 Å². The van der Waals surface area contributed by atoms with Gasteiger partial charge in [0.2, 0.25) is 10.0 Å². The molecule has 0 heterocycles. The fourth-order valence-electron chi connectivity index (χ4n) is 1.93. The standard InChI is InChI=1S/C16H16N2O3S/c1-12-6-8-15(9-7-12)22(19,20)18-16(11-17)13-4-3-5-14(10-13)21-2/h3-10,16,18H,1-2H3. The van der Waals surface area contributed by atoms with Crippen LogP contribution < -0.4 is 9.46 Å². The summed E-state index contributed by atoms with van der Waals surface area (Å²) in [4.78, 5) is 0.126. The molecule has 0 bridgehead atoms. The molecule has 2 aromatic carbocycles.